The molecule has 3 heteroatoms. The van der Waals surface area contributed by atoms with E-state index >= 15 is 0 Å². The largest absolute Gasteiger partial charge is 0.309 e. The lowest BCUT2D eigenvalue weighted by atomic mass is 9.99. The molecule has 0 saturated carbocycles. The molecule has 0 fully saturated rings. The Balaban J connectivity index is 2.78. The van der Waals surface area contributed by atoms with Crippen molar-refractivity contribution in [2.75, 3.05) is 18.1 Å². The molecule has 0 spiro atoms. The molecule has 0 radical (unpaired) electrons. The summed E-state index contributed by atoms with van der Waals surface area (Å²) in [6.45, 7) is 9.63. The standard InChI is InChI=1S/C17H29NOS/c1-5-11-18-17(13-20(19)12-6-2)16-9-7-15(8-10-16)14(3)4/h7-10,14,17-18H,5-6,11-13H2,1-4H3. The Labute approximate surface area is 126 Å². The Morgan fingerprint density at radius 2 is 1.65 bits per heavy atom. The van der Waals surface area contributed by atoms with Gasteiger partial charge in [-0.05, 0) is 36.4 Å². The van der Waals surface area contributed by atoms with E-state index in [1.165, 1.54) is 11.1 Å². The molecule has 114 valence electrons. The normalized spacial score (nSPS) is 14.4. The summed E-state index contributed by atoms with van der Waals surface area (Å²) in [7, 11) is -0.731. The Hall–Kier alpha value is -0.670. The highest BCUT2D eigenvalue weighted by atomic mass is 32.2. The first-order valence-corrected chi connectivity index (χ1v) is 9.25. The monoisotopic (exact) mass is 295 g/mol. The first-order valence-electron chi connectivity index (χ1n) is 7.76. The summed E-state index contributed by atoms with van der Waals surface area (Å²) < 4.78 is 12.0. The number of rotatable bonds is 9. The van der Waals surface area contributed by atoms with Crippen molar-refractivity contribution in [1.29, 1.82) is 0 Å². The van der Waals surface area contributed by atoms with Crippen LogP contribution in [0.25, 0.3) is 0 Å². The van der Waals surface area contributed by atoms with Crippen molar-refractivity contribution < 1.29 is 4.21 Å². The molecule has 20 heavy (non-hydrogen) atoms. The van der Waals surface area contributed by atoms with Gasteiger partial charge in [0.05, 0.1) is 0 Å². The van der Waals surface area contributed by atoms with E-state index in [0.717, 1.165) is 30.9 Å². The molecular formula is C17H29NOS. The van der Waals surface area contributed by atoms with Gasteiger partial charge < -0.3 is 5.32 Å². The third-order valence-electron chi connectivity index (χ3n) is 3.43. The van der Waals surface area contributed by atoms with Crippen LogP contribution in [0.3, 0.4) is 0 Å². The lowest BCUT2D eigenvalue weighted by Gasteiger charge is -2.19. The molecule has 2 nitrogen and oxygen atoms in total. The van der Waals surface area contributed by atoms with E-state index < -0.39 is 10.8 Å². The van der Waals surface area contributed by atoms with Crippen LogP contribution in [0.1, 0.15) is 63.6 Å². The average Bonchev–Trinajstić information content (AvgIpc) is 2.44. The summed E-state index contributed by atoms with van der Waals surface area (Å²) >= 11 is 0. The first-order chi connectivity index (χ1) is 9.58. The maximum absolute atomic E-state index is 12.0. The van der Waals surface area contributed by atoms with E-state index in [-0.39, 0.29) is 6.04 Å². The van der Waals surface area contributed by atoms with E-state index in [4.69, 9.17) is 0 Å². The molecule has 0 aromatic heterocycles. The Bertz CT molecular complexity index is 400. The second-order valence-electron chi connectivity index (χ2n) is 5.64. The van der Waals surface area contributed by atoms with Gasteiger partial charge in [-0.1, -0.05) is 52.0 Å². The molecule has 2 unspecified atom stereocenters. The van der Waals surface area contributed by atoms with Crippen molar-refractivity contribution in [3.63, 3.8) is 0 Å². The number of benzene rings is 1. The fourth-order valence-electron chi connectivity index (χ4n) is 2.20. The SMILES string of the molecule is CCCNC(CS(=O)CCC)c1ccc(C(C)C)cc1. The minimum atomic E-state index is -0.731. The van der Waals surface area contributed by atoms with Gasteiger partial charge in [0.1, 0.15) is 0 Å². The van der Waals surface area contributed by atoms with Gasteiger partial charge in [0, 0.05) is 28.3 Å². The summed E-state index contributed by atoms with van der Waals surface area (Å²) in [5.41, 5.74) is 2.62. The van der Waals surface area contributed by atoms with Gasteiger partial charge in [0.2, 0.25) is 0 Å². The minimum Gasteiger partial charge on any atom is -0.309 e. The molecule has 0 aliphatic heterocycles. The quantitative estimate of drug-likeness (QED) is 0.746. The molecule has 1 rings (SSSR count). The Morgan fingerprint density at radius 3 is 2.15 bits per heavy atom. The van der Waals surface area contributed by atoms with Crippen LogP contribution in [-0.4, -0.2) is 22.3 Å². The van der Waals surface area contributed by atoms with Gasteiger partial charge in [0.25, 0.3) is 0 Å². The van der Waals surface area contributed by atoms with E-state index in [1.54, 1.807) is 0 Å². The van der Waals surface area contributed by atoms with Crippen molar-refractivity contribution in [3.8, 4) is 0 Å². The van der Waals surface area contributed by atoms with Crippen LogP contribution in [0, 0.1) is 0 Å². The molecule has 0 aliphatic rings. The molecule has 1 aromatic carbocycles. The summed E-state index contributed by atoms with van der Waals surface area (Å²) in [6, 6.07) is 8.98. The molecule has 0 bridgehead atoms. The summed E-state index contributed by atoms with van der Waals surface area (Å²) in [6.07, 6.45) is 2.08. The van der Waals surface area contributed by atoms with Crippen molar-refractivity contribution in [3.05, 3.63) is 35.4 Å². The third-order valence-corrected chi connectivity index (χ3v) is 5.00. The molecule has 1 aromatic rings. The highest BCUT2D eigenvalue weighted by Gasteiger charge is 2.14. The Kier molecular flexibility index (Phi) is 8.08. The first kappa shape index (κ1) is 17.4. The second kappa shape index (κ2) is 9.30. The van der Waals surface area contributed by atoms with Crippen LogP contribution in [0.2, 0.25) is 0 Å². The molecule has 0 saturated heterocycles. The number of nitrogens with one attached hydrogen (secondary N) is 1. The van der Waals surface area contributed by atoms with Gasteiger partial charge in [0.15, 0.2) is 0 Å². The van der Waals surface area contributed by atoms with Crippen molar-refractivity contribution >= 4 is 10.8 Å². The van der Waals surface area contributed by atoms with Gasteiger partial charge >= 0.3 is 0 Å². The topological polar surface area (TPSA) is 29.1 Å². The van der Waals surface area contributed by atoms with Gasteiger partial charge in [-0.15, -0.1) is 0 Å². The fraction of sp³-hybridized carbons (Fsp3) is 0.647. The number of hydrogen-bond donors (Lipinski definition) is 1. The smallest absolute Gasteiger partial charge is 0.0436 e. The van der Waals surface area contributed by atoms with Gasteiger partial charge in [-0.3, -0.25) is 4.21 Å². The molecule has 0 aliphatic carbocycles. The maximum atomic E-state index is 12.0. The molecular weight excluding hydrogens is 266 g/mol. The summed E-state index contributed by atoms with van der Waals surface area (Å²) in [4.78, 5) is 0. The predicted octanol–water partition coefficient (Wildman–Crippen LogP) is 4.01. The van der Waals surface area contributed by atoms with E-state index in [9.17, 15) is 4.21 Å². The van der Waals surface area contributed by atoms with Crippen molar-refractivity contribution in [1.82, 2.24) is 5.32 Å². The highest BCUT2D eigenvalue weighted by Crippen LogP contribution is 2.19. The van der Waals surface area contributed by atoms with Crippen molar-refractivity contribution in [2.24, 2.45) is 0 Å². The van der Waals surface area contributed by atoms with Gasteiger partial charge in [-0.2, -0.15) is 0 Å². The van der Waals surface area contributed by atoms with Crippen LogP contribution in [0.5, 0.6) is 0 Å². The third kappa shape index (κ3) is 5.76. The summed E-state index contributed by atoms with van der Waals surface area (Å²) in [5, 5.41) is 3.53. The van der Waals surface area contributed by atoms with Crippen LogP contribution in [0.15, 0.2) is 24.3 Å². The van der Waals surface area contributed by atoms with Crippen molar-refractivity contribution in [2.45, 2.75) is 52.5 Å². The zero-order valence-electron chi connectivity index (χ0n) is 13.3. The number of hydrogen-bond acceptors (Lipinski definition) is 2. The second-order valence-corrected chi connectivity index (χ2v) is 7.26. The molecule has 0 amide bonds. The van der Waals surface area contributed by atoms with Crippen LogP contribution in [0.4, 0.5) is 0 Å². The van der Waals surface area contributed by atoms with E-state index in [2.05, 4.69) is 57.3 Å². The van der Waals surface area contributed by atoms with Crippen LogP contribution in [-0.2, 0) is 10.8 Å². The molecule has 0 heterocycles. The minimum absolute atomic E-state index is 0.212. The van der Waals surface area contributed by atoms with E-state index in [1.807, 2.05) is 0 Å². The average molecular weight is 295 g/mol. The summed E-state index contributed by atoms with van der Waals surface area (Å²) in [5.74, 6) is 2.07. The predicted molar refractivity (Wildman–Crippen MR) is 89.7 cm³/mol. The van der Waals surface area contributed by atoms with Gasteiger partial charge in [-0.25, -0.2) is 0 Å². The zero-order valence-corrected chi connectivity index (χ0v) is 14.1. The lowest BCUT2D eigenvalue weighted by Crippen LogP contribution is -2.27. The van der Waals surface area contributed by atoms with Crippen LogP contribution < -0.4 is 5.32 Å². The van der Waals surface area contributed by atoms with E-state index in [0.29, 0.717) is 5.92 Å². The Morgan fingerprint density at radius 1 is 1.05 bits per heavy atom. The highest BCUT2D eigenvalue weighted by molar-refractivity contribution is 7.85. The maximum Gasteiger partial charge on any atom is 0.0436 e. The fourth-order valence-corrected chi connectivity index (χ4v) is 3.51. The lowest BCUT2D eigenvalue weighted by molar-refractivity contribution is 0.569. The molecule has 2 atom stereocenters. The molecule has 1 N–H and O–H groups in total. The zero-order chi connectivity index (χ0) is 15.0. The van der Waals surface area contributed by atoms with Crippen LogP contribution >= 0.6 is 0 Å².